The summed E-state index contributed by atoms with van der Waals surface area (Å²) in [5, 5.41) is 1.28. The van der Waals surface area contributed by atoms with Gasteiger partial charge in [-0.25, -0.2) is 0 Å². The first kappa shape index (κ1) is 19.0. The Morgan fingerprint density at radius 3 is 2.68 bits per heavy atom. The fourth-order valence-corrected chi connectivity index (χ4v) is 4.39. The number of rotatable bonds is 5. The van der Waals surface area contributed by atoms with Crippen LogP contribution >= 0.6 is 23.2 Å². The number of likely N-dealkylation sites (tertiary alicyclic amines) is 2. The van der Waals surface area contributed by atoms with Crippen molar-refractivity contribution in [2.24, 2.45) is 5.41 Å². The van der Waals surface area contributed by atoms with Crippen LogP contribution in [0.5, 0.6) is 0 Å². The highest BCUT2D eigenvalue weighted by Crippen LogP contribution is 2.40. The molecule has 0 unspecified atom stereocenters. The molecule has 2 aliphatic heterocycles. The van der Waals surface area contributed by atoms with Crippen LogP contribution in [0.15, 0.2) is 18.2 Å². The van der Waals surface area contributed by atoms with E-state index < -0.39 is 0 Å². The number of amides is 1. The van der Waals surface area contributed by atoms with Crippen molar-refractivity contribution in [2.45, 2.75) is 32.2 Å². The third-order valence-corrected chi connectivity index (χ3v) is 6.51. The van der Waals surface area contributed by atoms with Crippen LogP contribution < -0.4 is 0 Å². The molecule has 0 aromatic heterocycles. The zero-order valence-corrected chi connectivity index (χ0v) is 16.3. The molecule has 1 amide bonds. The van der Waals surface area contributed by atoms with Crippen LogP contribution in [0.1, 0.15) is 31.2 Å². The van der Waals surface area contributed by atoms with Crippen LogP contribution in [-0.2, 0) is 16.1 Å². The number of nitrogens with zero attached hydrogens (tertiary/aromatic N) is 2. The van der Waals surface area contributed by atoms with E-state index in [0.717, 1.165) is 51.0 Å². The molecule has 3 rings (SSSR count). The van der Waals surface area contributed by atoms with Crippen molar-refractivity contribution in [3.05, 3.63) is 33.8 Å². The molecular weight excluding hydrogens is 359 g/mol. The lowest BCUT2D eigenvalue weighted by Gasteiger charge is -2.47. The summed E-state index contributed by atoms with van der Waals surface area (Å²) in [6, 6.07) is 5.83. The Balaban J connectivity index is 1.57. The number of benzene rings is 1. The molecule has 2 saturated heterocycles. The lowest BCUT2D eigenvalue weighted by atomic mass is 9.72. The lowest BCUT2D eigenvalue weighted by molar-refractivity contribution is -0.139. The average Bonchev–Trinajstić information content (AvgIpc) is 2.62. The molecule has 25 heavy (non-hydrogen) atoms. The molecule has 1 spiro atoms. The van der Waals surface area contributed by atoms with Gasteiger partial charge in [0, 0.05) is 33.2 Å². The van der Waals surface area contributed by atoms with Gasteiger partial charge in [-0.05, 0) is 49.4 Å². The average molecular weight is 385 g/mol. The molecular formula is C19H26Cl2N2O2. The number of carbonyl (C=O) groups excluding carboxylic acids is 1. The van der Waals surface area contributed by atoms with E-state index in [1.807, 2.05) is 23.1 Å². The molecule has 1 aromatic rings. The van der Waals surface area contributed by atoms with E-state index in [1.165, 1.54) is 0 Å². The molecule has 0 atom stereocenters. The third-order valence-electron chi connectivity index (χ3n) is 5.66. The van der Waals surface area contributed by atoms with Crippen molar-refractivity contribution in [1.29, 1.82) is 0 Å². The second kappa shape index (κ2) is 8.26. The minimum Gasteiger partial charge on any atom is -0.383 e. The van der Waals surface area contributed by atoms with Crippen LogP contribution in [0, 0.1) is 5.41 Å². The van der Waals surface area contributed by atoms with Crippen molar-refractivity contribution >= 4 is 29.1 Å². The SMILES string of the molecule is COCCN1CC2(CCC1=O)CCN(Cc1cccc(Cl)c1Cl)CC2. The van der Waals surface area contributed by atoms with Gasteiger partial charge in [0.25, 0.3) is 0 Å². The molecule has 6 heteroatoms. The minimum atomic E-state index is 0.274. The molecule has 0 radical (unpaired) electrons. The van der Waals surface area contributed by atoms with Crippen molar-refractivity contribution in [1.82, 2.24) is 9.80 Å². The fraction of sp³-hybridized carbons (Fsp3) is 0.632. The molecule has 2 aliphatic rings. The molecule has 0 aliphatic carbocycles. The molecule has 0 saturated carbocycles. The van der Waals surface area contributed by atoms with Crippen molar-refractivity contribution in [3.8, 4) is 0 Å². The number of halogens is 2. The topological polar surface area (TPSA) is 32.8 Å². The first-order chi connectivity index (χ1) is 12.0. The molecule has 2 fully saturated rings. The first-order valence-corrected chi connectivity index (χ1v) is 9.71. The van der Waals surface area contributed by atoms with Crippen LogP contribution in [-0.4, -0.2) is 55.6 Å². The smallest absolute Gasteiger partial charge is 0.222 e. The van der Waals surface area contributed by atoms with Gasteiger partial charge in [-0.2, -0.15) is 0 Å². The maximum absolute atomic E-state index is 12.1. The highest BCUT2D eigenvalue weighted by molar-refractivity contribution is 6.42. The number of hydrogen-bond donors (Lipinski definition) is 0. The monoisotopic (exact) mass is 384 g/mol. The molecule has 2 heterocycles. The Morgan fingerprint density at radius 1 is 1.20 bits per heavy atom. The maximum atomic E-state index is 12.1. The van der Waals surface area contributed by atoms with Gasteiger partial charge in [0.1, 0.15) is 0 Å². The summed E-state index contributed by atoms with van der Waals surface area (Å²) in [5.41, 5.74) is 1.36. The van der Waals surface area contributed by atoms with Gasteiger partial charge in [0.2, 0.25) is 5.91 Å². The summed E-state index contributed by atoms with van der Waals surface area (Å²) >= 11 is 12.4. The number of carbonyl (C=O) groups is 1. The molecule has 0 N–H and O–H groups in total. The zero-order chi connectivity index (χ0) is 17.9. The molecule has 138 valence electrons. The summed E-state index contributed by atoms with van der Waals surface area (Å²) in [5.74, 6) is 0.274. The third kappa shape index (κ3) is 4.48. The second-order valence-corrected chi connectivity index (χ2v) is 8.08. The van der Waals surface area contributed by atoms with Crippen LogP contribution in [0.25, 0.3) is 0 Å². The van der Waals surface area contributed by atoms with Gasteiger partial charge < -0.3 is 9.64 Å². The van der Waals surface area contributed by atoms with Gasteiger partial charge >= 0.3 is 0 Å². The van der Waals surface area contributed by atoms with Gasteiger partial charge in [-0.3, -0.25) is 9.69 Å². The molecule has 4 nitrogen and oxygen atoms in total. The Bertz CT molecular complexity index is 615. The van der Waals surface area contributed by atoms with Gasteiger partial charge in [0.05, 0.1) is 16.7 Å². The predicted molar refractivity (Wildman–Crippen MR) is 101 cm³/mol. The van der Waals surface area contributed by atoms with Gasteiger partial charge in [-0.1, -0.05) is 35.3 Å². The van der Waals surface area contributed by atoms with Gasteiger partial charge in [-0.15, -0.1) is 0 Å². The Morgan fingerprint density at radius 2 is 1.96 bits per heavy atom. The summed E-state index contributed by atoms with van der Waals surface area (Å²) in [7, 11) is 1.68. The van der Waals surface area contributed by atoms with E-state index in [9.17, 15) is 4.79 Å². The number of piperidine rings is 2. The standard InChI is InChI=1S/C19H26Cl2N2O2/c1-25-12-11-23-14-19(6-5-17(23)24)7-9-22(10-8-19)13-15-3-2-4-16(20)18(15)21/h2-4H,5-14H2,1H3. The Hall–Kier alpha value is -0.810. The van der Waals surface area contributed by atoms with E-state index in [1.54, 1.807) is 7.11 Å². The second-order valence-electron chi connectivity index (χ2n) is 7.30. The highest BCUT2D eigenvalue weighted by Gasteiger charge is 2.40. The summed E-state index contributed by atoms with van der Waals surface area (Å²) in [6.45, 7) is 5.10. The number of hydrogen-bond acceptors (Lipinski definition) is 3. The largest absolute Gasteiger partial charge is 0.383 e. The summed E-state index contributed by atoms with van der Waals surface area (Å²) < 4.78 is 5.15. The van der Waals surface area contributed by atoms with E-state index in [0.29, 0.717) is 29.6 Å². The Kier molecular flexibility index (Phi) is 6.26. The number of ether oxygens (including phenoxy) is 1. The minimum absolute atomic E-state index is 0.274. The van der Waals surface area contributed by atoms with Crippen molar-refractivity contribution in [3.63, 3.8) is 0 Å². The highest BCUT2D eigenvalue weighted by atomic mass is 35.5. The van der Waals surface area contributed by atoms with Crippen molar-refractivity contribution < 1.29 is 9.53 Å². The zero-order valence-electron chi connectivity index (χ0n) is 14.8. The normalized spacial score (nSPS) is 21.1. The number of methoxy groups -OCH3 is 1. The molecule has 0 bridgehead atoms. The quantitative estimate of drug-likeness (QED) is 0.772. The maximum Gasteiger partial charge on any atom is 0.222 e. The van der Waals surface area contributed by atoms with E-state index in [-0.39, 0.29) is 11.3 Å². The van der Waals surface area contributed by atoms with Crippen LogP contribution in [0.2, 0.25) is 10.0 Å². The summed E-state index contributed by atoms with van der Waals surface area (Å²) in [6.07, 6.45) is 3.94. The van der Waals surface area contributed by atoms with Crippen LogP contribution in [0.4, 0.5) is 0 Å². The summed E-state index contributed by atoms with van der Waals surface area (Å²) in [4.78, 5) is 16.6. The van der Waals surface area contributed by atoms with E-state index >= 15 is 0 Å². The first-order valence-electron chi connectivity index (χ1n) is 8.95. The van der Waals surface area contributed by atoms with E-state index in [2.05, 4.69) is 4.90 Å². The fourth-order valence-electron chi connectivity index (χ4n) is 4.01. The van der Waals surface area contributed by atoms with E-state index in [4.69, 9.17) is 27.9 Å². The Labute approximate surface area is 160 Å². The van der Waals surface area contributed by atoms with Crippen molar-refractivity contribution in [2.75, 3.05) is 39.9 Å². The van der Waals surface area contributed by atoms with Crippen LogP contribution in [0.3, 0.4) is 0 Å². The lowest BCUT2D eigenvalue weighted by Crippen LogP contribution is -2.52. The molecule has 1 aromatic carbocycles. The van der Waals surface area contributed by atoms with Gasteiger partial charge in [0.15, 0.2) is 0 Å². The predicted octanol–water partition coefficient (Wildman–Crippen LogP) is 3.84.